The Hall–Kier alpha value is -1.07. The van der Waals surface area contributed by atoms with E-state index in [4.69, 9.17) is 0 Å². The van der Waals surface area contributed by atoms with E-state index in [2.05, 4.69) is 25.2 Å². The van der Waals surface area contributed by atoms with Crippen LogP contribution < -0.4 is 15.4 Å². The molecule has 0 aromatic heterocycles. The van der Waals surface area contributed by atoms with E-state index in [0.29, 0.717) is 12.2 Å². The van der Waals surface area contributed by atoms with E-state index in [1.165, 1.54) is 38.8 Å². The van der Waals surface area contributed by atoms with E-state index in [1.807, 2.05) is 18.2 Å². The third-order valence-electron chi connectivity index (χ3n) is 4.62. The highest BCUT2D eigenvalue weighted by Crippen LogP contribution is 2.15. The minimum atomic E-state index is -3.30. The first-order valence-corrected chi connectivity index (χ1v) is 11.6. The molecule has 0 spiro atoms. The number of hydrogen-bond donors (Lipinski definition) is 3. The Bertz CT molecular complexity index is 704. The molecule has 9 heteroatoms. The molecular weight excluding hydrogens is 489 g/mol. The van der Waals surface area contributed by atoms with Crippen LogP contribution in [0, 0.1) is 0 Å². The number of benzene rings is 1. The van der Waals surface area contributed by atoms with Crippen LogP contribution in [0.5, 0.6) is 0 Å². The SMILES string of the molecule is CN=C(NCCCN1CCCCCC1)NCc1ccccc1NS(C)(=O)=O.I. The van der Waals surface area contributed by atoms with Gasteiger partial charge in [0, 0.05) is 20.1 Å². The minimum absolute atomic E-state index is 0. The highest BCUT2D eigenvalue weighted by molar-refractivity contribution is 14.0. The van der Waals surface area contributed by atoms with Crippen molar-refractivity contribution >= 4 is 45.6 Å². The number of rotatable bonds is 8. The summed E-state index contributed by atoms with van der Waals surface area (Å²) < 4.78 is 25.6. The number of guanidine groups is 1. The summed E-state index contributed by atoms with van der Waals surface area (Å²) in [5.74, 6) is 0.722. The van der Waals surface area contributed by atoms with Crippen molar-refractivity contribution in [2.75, 3.05) is 44.2 Å². The molecule has 0 saturated carbocycles. The number of sulfonamides is 1. The average molecular weight is 523 g/mol. The van der Waals surface area contributed by atoms with E-state index in [1.54, 1.807) is 13.1 Å². The largest absolute Gasteiger partial charge is 0.356 e. The van der Waals surface area contributed by atoms with Gasteiger partial charge in [0.1, 0.15) is 0 Å². The topological polar surface area (TPSA) is 85.8 Å². The van der Waals surface area contributed by atoms with Gasteiger partial charge in [0.25, 0.3) is 0 Å². The molecule has 2 rings (SSSR count). The normalized spacial score (nSPS) is 16.0. The predicted octanol–water partition coefficient (Wildman–Crippen LogP) is 2.61. The summed E-state index contributed by atoms with van der Waals surface area (Å²) in [7, 11) is -1.56. The standard InChI is InChI=1S/C19H33N5O2S.HI/c1-20-19(21-12-9-15-24-13-7-3-4-8-14-24)22-16-17-10-5-6-11-18(17)23-27(2,25)26;/h5-6,10-11,23H,3-4,7-9,12-16H2,1-2H3,(H2,20,21,22);1H. The summed E-state index contributed by atoms with van der Waals surface area (Å²) >= 11 is 0. The molecule has 1 fully saturated rings. The second-order valence-electron chi connectivity index (χ2n) is 6.99. The van der Waals surface area contributed by atoms with Crippen LogP contribution in [0.25, 0.3) is 0 Å². The minimum Gasteiger partial charge on any atom is -0.356 e. The molecule has 7 nitrogen and oxygen atoms in total. The number of likely N-dealkylation sites (tertiary alicyclic amines) is 1. The average Bonchev–Trinajstić information content (AvgIpc) is 2.90. The Morgan fingerprint density at radius 3 is 2.43 bits per heavy atom. The van der Waals surface area contributed by atoms with Crippen molar-refractivity contribution in [1.82, 2.24) is 15.5 Å². The molecule has 1 aromatic carbocycles. The van der Waals surface area contributed by atoms with E-state index >= 15 is 0 Å². The Morgan fingerprint density at radius 2 is 1.79 bits per heavy atom. The Labute approximate surface area is 186 Å². The number of hydrogen-bond acceptors (Lipinski definition) is 4. The van der Waals surface area contributed by atoms with Crippen LogP contribution in [0.4, 0.5) is 5.69 Å². The summed E-state index contributed by atoms with van der Waals surface area (Å²) in [6.07, 6.45) is 7.59. The molecule has 28 heavy (non-hydrogen) atoms. The van der Waals surface area contributed by atoms with Crippen LogP contribution in [-0.2, 0) is 16.6 Å². The monoisotopic (exact) mass is 523 g/mol. The van der Waals surface area contributed by atoms with Crippen LogP contribution >= 0.6 is 24.0 Å². The summed E-state index contributed by atoms with van der Waals surface area (Å²) in [5.41, 5.74) is 1.46. The number of aliphatic imine (C=N–C) groups is 1. The molecule has 1 heterocycles. The van der Waals surface area contributed by atoms with Crippen molar-refractivity contribution in [1.29, 1.82) is 0 Å². The summed E-state index contributed by atoms with van der Waals surface area (Å²) in [6, 6.07) is 7.36. The zero-order chi connectivity index (χ0) is 19.5. The van der Waals surface area contributed by atoms with Gasteiger partial charge in [-0.05, 0) is 50.5 Å². The maximum atomic E-state index is 11.5. The molecule has 3 N–H and O–H groups in total. The summed E-state index contributed by atoms with van der Waals surface area (Å²) in [4.78, 5) is 6.80. The molecule has 1 aromatic rings. The fraction of sp³-hybridized carbons (Fsp3) is 0.632. The van der Waals surface area contributed by atoms with Crippen molar-refractivity contribution in [3.8, 4) is 0 Å². The molecule has 1 aliphatic heterocycles. The van der Waals surface area contributed by atoms with Gasteiger partial charge in [-0.3, -0.25) is 9.71 Å². The molecular formula is C19H34IN5O2S. The number of nitrogens with one attached hydrogen (secondary N) is 3. The smallest absolute Gasteiger partial charge is 0.229 e. The molecule has 0 bridgehead atoms. The zero-order valence-electron chi connectivity index (χ0n) is 16.9. The van der Waals surface area contributed by atoms with Crippen LogP contribution in [0.15, 0.2) is 29.3 Å². The van der Waals surface area contributed by atoms with Gasteiger partial charge in [-0.25, -0.2) is 8.42 Å². The molecule has 0 unspecified atom stereocenters. The number of anilines is 1. The van der Waals surface area contributed by atoms with Crippen LogP contribution in [0.1, 0.15) is 37.7 Å². The highest BCUT2D eigenvalue weighted by Gasteiger charge is 2.09. The highest BCUT2D eigenvalue weighted by atomic mass is 127. The molecule has 1 aliphatic rings. The van der Waals surface area contributed by atoms with Crippen molar-refractivity contribution in [2.24, 2.45) is 4.99 Å². The lowest BCUT2D eigenvalue weighted by Gasteiger charge is -2.20. The van der Waals surface area contributed by atoms with Crippen LogP contribution in [0.2, 0.25) is 0 Å². The fourth-order valence-electron chi connectivity index (χ4n) is 3.24. The molecule has 0 amide bonds. The van der Waals surface area contributed by atoms with E-state index in [9.17, 15) is 8.42 Å². The van der Waals surface area contributed by atoms with Gasteiger partial charge >= 0.3 is 0 Å². The first kappa shape index (κ1) is 25.0. The van der Waals surface area contributed by atoms with Gasteiger partial charge < -0.3 is 15.5 Å². The van der Waals surface area contributed by atoms with E-state index < -0.39 is 10.0 Å². The quantitative estimate of drug-likeness (QED) is 0.211. The third-order valence-corrected chi connectivity index (χ3v) is 5.22. The Balaban J connectivity index is 0.00000392. The van der Waals surface area contributed by atoms with Crippen LogP contribution in [0.3, 0.4) is 0 Å². The molecule has 160 valence electrons. The first-order valence-electron chi connectivity index (χ1n) is 9.70. The lowest BCUT2D eigenvalue weighted by atomic mass is 10.2. The van der Waals surface area contributed by atoms with Gasteiger partial charge in [0.05, 0.1) is 11.9 Å². The second kappa shape index (κ2) is 13.2. The van der Waals surface area contributed by atoms with Gasteiger partial charge in [-0.1, -0.05) is 31.0 Å². The zero-order valence-corrected chi connectivity index (χ0v) is 20.1. The van der Waals surface area contributed by atoms with Crippen molar-refractivity contribution in [2.45, 2.75) is 38.6 Å². The lowest BCUT2D eigenvalue weighted by Crippen LogP contribution is -2.38. The second-order valence-corrected chi connectivity index (χ2v) is 8.74. The molecule has 0 aliphatic carbocycles. The first-order chi connectivity index (χ1) is 13.0. The molecule has 1 saturated heterocycles. The molecule has 0 atom stereocenters. The summed E-state index contributed by atoms with van der Waals surface area (Å²) in [5, 5.41) is 6.59. The molecule has 0 radical (unpaired) electrons. The number of halogens is 1. The van der Waals surface area contributed by atoms with E-state index in [0.717, 1.165) is 37.3 Å². The van der Waals surface area contributed by atoms with Crippen molar-refractivity contribution in [3.63, 3.8) is 0 Å². The summed E-state index contributed by atoms with van der Waals surface area (Å²) in [6.45, 7) is 4.91. The van der Waals surface area contributed by atoms with E-state index in [-0.39, 0.29) is 24.0 Å². The van der Waals surface area contributed by atoms with Gasteiger partial charge in [-0.2, -0.15) is 0 Å². The van der Waals surface area contributed by atoms with Gasteiger partial charge in [0.2, 0.25) is 10.0 Å². The predicted molar refractivity (Wildman–Crippen MR) is 128 cm³/mol. The van der Waals surface area contributed by atoms with Crippen LogP contribution in [-0.4, -0.2) is 58.8 Å². The maximum Gasteiger partial charge on any atom is 0.229 e. The van der Waals surface area contributed by atoms with Crippen molar-refractivity contribution < 1.29 is 8.42 Å². The third kappa shape index (κ3) is 9.92. The van der Waals surface area contributed by atoms with Gasteiger partial charge in [-0.15, -0.1) is 24.0 Å². The Morgan fingerprint density at radius 1 is 1.11 bits per heavy atom. The Kier molecular flexibility index (Phi) is 11.8. The van der Waals surface area contributed by atoms with Crippen molar-refractivity contribution in [3.05, 3.63) is 29.8 Å². The number of para-hydroxylation sites is 1. The fourth-order valence-corrected chi connectivity index (χ4v) is 3.84. The number of nitrogens with zero attached hydrogens (tertiary/aromatic N) is 2. The lowest BCUT2D eigenvalue weighted by molar-refractivity contribution is 0.282. The van der Waals surface area contributed by atoms with Gasteiger partial charge in [0.15, 0.2) is 5.96 Å². The maximum absolute atomic E-state index is 11.5.